The molecule has 1 aliphatic heterocycles. The summed E-state index contributed by atoms with van der Waals surface area (Å²) >= 11 is 1.26. The van der Waals surface area contributed by atoms with E-state index < -0.39 is 5.97 Å². The smallest absolute Gasteiger partial charge is 0.303 e. The number of aliphatic carboxylic acids is 1. The van der Waals surface area contributed by atoms with Crippen LogP contribution in [0, 0.1) is 5.92 Å². The van der Waals surface area contributed by atoms with Crippen LogP contribution in [0.4, 0.5) is 5.13 Å². The Kier molecular flexibility index (Phi) is 3.10. The summed E-state index contributed by atoms with van der Waals surface area (Å²) in [6, 6.07) is 0. The van der Waals surface area contributed by atoms with Crippen molar-refractivity contribution < 1.29 is 9.90 Å². The molecule has 1 aliphatic rings. The van der Waals surface area contributed by atoms with Gasteiger partial charge in [-0.15, -0.1) is 0 Å². The standard InChI is InChI=1S/C8H12N4O2S/c13-7(14)4-6-2-1-3-12(5-6)8-9-10-11-15-8/h6H,1-5H2,(H,13,14). The molecule has 6 nitrogen and oxygen atoms in total. The first-order valence-electron chi connectivity index (χ1n) is 4.87. The van der Waals surface area contributed by atoms with Gasteiger partial charge >= 0.3 is 5.97 Å². The number of rotatable bonds is 3. The van der Waals surface area contributed by atoms with E-state index in [1.165, 1.54) is 11.5 Å². The number of carboxylic acids is 1. The van der Waals surface area contributed by atoms with Gasteiger partial charge in [0.05, 0.1) is 0 Å². The first kappa shape index (κ1) is 10.3. The van der Waals surface area contributed by atoms with Gasteiger partial charge in [0.15, 0.2) is 0 Å². The molecular weight excluding hydrogens is 216 g/mol. The highest BCUT2D eigenvalue weighted by molar-refractivity contribution is 7.09. The van der Waals surface area contributed by atoms with E-state index in [0.717, 1.165) is 31.1 Å². The van der Waals surface area contributed by atoms with Gasteiger partial charge in [0.1, 0.15) is 0 Å². The van der Waals surface area contributed by atoms with Crippen LogP contribution in [0.1, 0.15) is 19.3 Å². The Morgan fingerprint density at radius 3 is 3.20 bits per heavy atom. The molecule has 1 fully saturated rings. The van der Waals surface area contributed by atoms with Gasteiger partial charge in [0, 0.05) is 31.0 Å². The topological polar surface area (TPSA) is 79.2 Å². The molecule has 0 radical (unpaired) electrons. The van der Waals surface area contributed by atoms with Gasteiger partial charge in [-0.25, -0.2) is 0 Å². The number of hydrogen-bond donors (Lipinski definition) is 1. The highest BCUT2D eigenvalue weighted by Gasteiger charge is 2.23. The fraction of sp³-hybridized carbons (Fsp3) is 0.750. The predicted molar refractivity (Wildman–Crippen MR) is 54.9 cm³/mol. The Bertz CT molecular complexity index is 329. The van der Waals surface area contributed by atoms with Crippen LogP contribution in [0.3, 0.4) is 0 Å². The maximum absolute atomic E-state index is 10.6. The molecule has 1 unspecified atom stereocenters. The lowest BCUT2D eigenvalue weighted by Gasteiger charge is -2.30. The van der Waals surface area contributed by atoms with Crippen molar-refractivity contribution in [2.75, 3.05) is 18.0 Å². The molecule has 1 atom stereocenters. The molecule has 7 heteroatoms. The van der Waals surface area contributed by atoms with Crippen molar-refractivity contribution in [1.82, 2.24) is 14.8 Å². The Balaban J connectivity index is 1.95. The Morgan fingerprint density at radius 1 is 1.67 bits per heavy atom. The summed E-state index contributed by atoms with van der Waals surface area (Å²) in [5, 5.41) is 17.0. The number of nitrogens with zero attached hydrogens (tertiary/aromatic N) is 4. The van der Waals surface area contributed by atoms with Crippen molar-refractivity contribution in [1.29, 1.82) is 0 Å². The maximum Gasteiger partial charge on any atom is 0.303 e. The molecule has 0 amide bonds. The molecular formula is C8H12N4O2S. The number of hydrogen-bond acceptors (Lipinski definition) is 6. The molecule has 1 saturated heterocycles. The van der Waals surface area contributed by atoms with E-state index in [4.69, 9.17) is 5.11 Å². The second kappa shape index (κ2) is 4.52. The minimum absolute atomic E-state index is 0.222. The van der Waals surface area contributed by atoms with Crippen molar-refractivity contribution >= 4 is 22.6 Å². The third kappa shape index (κ3) is 2.62. The highest BCUT2D eigenvalue weighted by Crippen LogP contribution is 2.24. The number of piperidine rings is 1. The molecule has 1 aromatic heterocycles. The van der Waals surface area contributed by atoms with Crippen LogP contribution in [0.5, 0.6) is 0 Å². The fourth-order valence-electron chi connectivity index (χ4n) is 1.90. The molecule has 2 heterocycles. The minimum atomic E-state index is -0.725. The Morgan fingerprint density at radius 2 is 2.53 bits per heavy atom. The van der Waals surface area contributed by atoms with Crippen LogP contribution >= 0.6 is 11.5 Å². The Hall–Kier alpha value is -1.24. The number of carbonyl (C=O) groups is 1. The van der Waals surface area contributed by atoms with Crippen molar-refractivity contribution in [2.45, 2.75) is 19.3 Å². The van der Waals surface area contributed by atoms with E-state index in [0.29, 0.717) is 0 Å². The van der Waals surface area contributed by atoms with Crippen LogP contribution in [-0.2, 0) is 4.79 Å². The van der Waals surface area contributed by atoms with E-state index >= 15 is 0 Å². The van der Waals surface area contributed by atoms with Crippen LogP contribution in [0.15, 0.2) is 0 Å². The first-order valence-corrected chi connectivity index (χ1v) is 5.65. The number of aromatic nitrogens is 3. The van der Waals surface area contributed by atoms with Crippen LogP contribution < -0.4 is 4.90 Å². The maximum atomic E-state index is 10.6. The van der Waals surface area contributed by atoms with Crippen molar-refractivity contribution in [3.63, 3.8) is 0 Å². The minimum Gasteiger partial charge on any atom is -0.481 e. The summed E-state index contributed by atoms with van der Waals surface area (Å²) < 4.78 is 3.71. The average molecular weight is 228 g/mol. The second-order valence-corrected chi connectivity index (χ2v) is 4.41. The van der Waals surface area contributed by atoms with Gasteiger partial charge in [-0.2, -0.15) is 0 Å². The zero-order valence-corrected chi connectivity index (χ0v) is 8.98. The third-order valence-electron chi connectivity index (χ3n) is 2.54. The third-order valence-corrected chi connectivity index (χ3v) is 3.20. The van der Waals surface area contributed by atoms with E-state index in [1.807, 2.05) is 0 Å². The summed E-state index contributed by atoms with van der Waals surface area (Å²) in [6.07, 6.45) is 2.23. The molecule has 0 spiro atoms. The Labute approximate surface area is 91.1 Å². The molecule has 1 N–H and O–H groups in total. The van der Waals surface area contributed by atoms with Gasteiger partial charge in [0.2, 0.25) is 5.13 Å². The monoisotopic (exact) mass is 228 g/mol. The van der Waals surface area contributed by atoms with Crippen molar-refractivity contribution in [2.24, 2.45) is 5.92 Å². The van der Waals surface area contributed by atoms with Crippen LogP contribution in [0.25, 0.3) is 0 Å². The van der Waals surface area contributed by atoms with Gasteiger partial charge in [-0.05, 0) is 24.0 Å². The van der Waals surface area contributed by atoms with Gasteiger partial charge < -0.3 is 10.0 Å². The van der Waals surface area contributed by atoms with E-state index in [1.54, 1.807) is 0 Å². The normalized spacial score (nSPS) is 21.6. The summed E-state index contributed by atoms with van der Waals surface area (Å²) in [5.41, 5.74) is 0. The second-order valence-electron chi connectivity index (χ2n) is 3.70. The van der Waals surface area contributed by atoms with Crippen LogP contribution in [0.2, 0.25) is 0 Å². The SMILES string of the molecule is O=C(O)CC1CCCN(c2nnns2)C1. The molecule has 0 bridgehead atoms. The predicted octanol–water partition coefficient (Wildman–Crippen LogP) is 0.624. The quantitative estimate of drug-likeness (QED) is 0.817. The van der Waals surface area contributed by atoms with E-state index in [9.17, 15) is 4.79 Å². The molecule has 0 aliphatic carbocycles. The van der Waals surface area contributed by atoms with E-state index in [2.05, 4.69) is 19.7 Å². The molecule has 2 rings (SSSR count). The van der Waals surface area contributed by atoms with Crippen LogP contribution in [-0.4, -0.2) is 39.0 Å². The molecule has 0 aromatic carbocycles. The molecule has 82 valence electrons. The summed E-state index contributed by atoms with van der Waals surface area (Å²) in [4.78, 5) is 12.7. The molecule has 1 aromatic rings. The van der Waals surface area contributed by atoms with Crippen molar-refractivity contribution in [3.8, 4) is 0 Å². The van der Waals surface area contributed by atoms with Gasteiger partial charge in [0.25, 0.3) is 0 Å². The fourth-order valence-corrected chi connectivity index (χ4v) is 2.40. The van der Waals surface area contributed by atoms with Gasteiger partial charge in [-0.3, -0.25) is 4.79 Å². The lowest BCUT2D eigenvalue weighted by molar-refractivity contribution is -0.138. The number of carboxylic acid groups (broad SMARTS) is 1. The highest BCUT2D eigenvalue weighted by atomic mass is 32.1. The lowest BCUT2D eigenvalue weighted by atomic mass is 9.95. The molecule has 0 saturated carbocycles. The summed E-state index contributed by atoms with van der Waals surface area (Å²) in [7, 11) is 0. The summed E-state index contributed by atoms with van der Waals surface area (Å²) in [6.45, 7) is 1.68. The van der Waals surface area contributed by atoms with Crippen molar-refractivity contribution in [3.05, 3.63) is 0 Å². The van der Waals surface area contributed by atoms with E-state index in [-0.39, 0.29) is 12.3 Å². The average Bonchev–Trinajstić information content (AvgIpc) is 2.69. The molecule has 15 heavy (non-hydrogen) atoms. The zero-order valence-electron chi connectivity index (χ0n) is 8.17. The lowest BCUT2D eigenvalue weighted by Crippen LogP contribution is -2.36. The first-order chi connectivity index (χ1) is 7.25. The largest absolute Gasteiger partial charge is 0.481 e. The number of anilines is 1. The zero-order chi connectivity index (χ0) is 10.7. The summed E-state index contributed by atoms with van der Waals surface area (Å²) in [5.74, 6) is -0.502. The van der Waals surface area contributed by atoms with Gasteiger partial charge in [-0.1, -0.05) is 9.59 Å².